The van der Waals surface area contributed by atoms with Crippen LogP contribution in [0.1, 0.15) is 188 Å². The van der Waals surface area contributed by atoms with Crippen molar-refractivity contribution in [2.45, 2.75) is 256 Å². The predicted octanol–water partition coefficient (Wildman–Crippen LogP) is 8.69. The van der Waals surface area contributed by atoms with Crippen molar-refractivity contribution in [3.8, 4) is 0 Å². The molecule has 4 aliphatic heterocycles. The Morgan fingerprint density at radius 3 is 1.09 bits per heavy atom. The number of hydrogen-bond acceptors (Lipinski definition) is 14. The fourth-order valence-electron chi connectivity index (χ4n) is 13.4. The topological polar surface area (TPSA) is 138 Å². The molecule has 0 bridgehead atoms. The molecule has 0 spiro atoms. The highest BCUT2D eigenvalue weighted by Gasteiger charge is 2.44. The van der Waals surface area contributed by atoms with Crippen LogP contribution in [0.25, 0.3) is 0 Å². The first-order valence-electron chi connectivity index (χ1n) is 25.0. The lowest BCUT2D eigenvalue weighted by Crippen LogP contribution is -2.62. The molecule has 0 aliphatic carbocycles. The van der Waals surface area contributed by atoms with Gasteiger partial charge in [-0.3, -0.25) is 0 Å². The fraction of sp³-hybridized carbons (Fsp3) is 0.880. The molecule has 4 fully saturated rings. The molecule has 0 radical (unpaired) electrons. The standard InChI is InChI=1S/C50H91ClN14/c1-43(2)25-34(26-44(3,4)58-43)62(17)39-52-33-53-40(56-39)64(36-29-47(9,10)60-48(11,12)30-36)23-21-19-20-22-24-65(37-31-49(13,14)61-50(15,16)32-37)42-55-38(51)54-41(57-42)63(18)35-27-45(5,6)59-46(7,8)28-35/h33-37,58-61H,19-32H2,1-18H3. The molecule has 0 atom stereocenters. The largest absolute Gasteiger partial charge is 0.341 e. The third-order valence-electron chi connectivity index (χ3n) is 14.5. The Hall–Kier alpha value is -2.65. The average Bonchev–Trinajstić information content (AvgIpc) is 3.10. The molecule has 6 heterocycles. The summed E-state index contributed by atoms with van der Waals surface area (Å²) in [5.74, 6) is 2.88. The number of nitrogens with zero attached hydrogens (tertiary/aromatic N) is 10. The van der Waals surface area contributed by atoms with Gasteiger partial charge in [-0.25, -0.2) is 9.97 Å². The first-order valence-corrected chi connectivity index (χ1v) is 25.4. The summed E-state index contributed by atoms with van der Waals surface area (Å²) in [6.45, 7) is 38.7. The molecule has 4 saturated heterocycles. The van der Waals surface area contributed by atoms with Crippen LogP contribution in [-0.4, -0.2) is 126 Å². The van der Waals surface area contributed by atoms with Crippen molar-refractivity contribution in [3.63, 3.8) is 0 Å². The molecule has 0 aromatic carbocycles. The summed E-state index contributed by atoms with van der Waals surface area (Å²) in [5, 5.41) is 15.7. The summed E-state index contributed by atoms with van der Waals surface area (Å²) in [5.41, 5.74) is -0.0966. The van der Waals surface area contributed by atoms with Crippen LogP contribution in [0, 0.1) is 0 Å². The number of hydrogen-bond donors (Lipinski definition) is 4. The smallest absolute Gasteiger partial charge is 0.231 e. The van der Waals surface area contributed by atoms with Crippen molar-refractivity contribution in [2.24, 2.45) is 0 Å². The maximum absolute atomic E-state index is 6.84. The molecule has 14 nitrogen and oxygen atoms in total. The number of piperidine rings is 4. The van der Waals surface area contributed by atoms with Gasteiger partial charge >= 0.3 is 0 Å². The molecule has 0 amide bonds. The lowest BCUT2D eigenvalue weighted by atomic mass is 9.79. The first kappa shape index (κ1) is 51.7. The van der Waals surface area contributed by atoms with E-state index in [1.165, 1.54) is 0 Å². The van der Waals surface area contributed by atoms with Crippen LogP contribution in [0.3, 0.4) is 0 Å². The number of aromatic nitrogens is 6. The van der Waals surface area contributed by atoms with Gasteiger partial charge in [0.15, 0.2) is 0 Å². The highest BCUT2D eigenvalue weighted by Crippen LogP contribution is 2.38. The molecule has 2 aromatic rings. The van der Waals surface area contributed by atoms with Gasteiger partial charge in [-0.2, -0.15) is 19.9 Å². The van der Waals surface area contributed by atoms with E-state index in [4.69, 9.17) is 41.5 Å². The lowest BCUT2D eigenvalue weighted by Gasteiger charge is -2.50. The Morgan fingerprint density at radius 2 is 0.708 bits per heavy atom. The van der Waals surface area contributed by atoms with Gasteiger partial charge in [-0.1, -0.05) is 12.8 Å². The van der Waals surface area contributed by atoms with Gasteiger partial charge < -0.3 is 40.9 Å². The van der Waals surface area contributed by atoms with E-state index < -0.39 is 0 Å². The summed E-state index contributed by atoms with van der Waals surface area (Å²) in [7, 11) is 4.29. The van der Waals surface area contributed by atoms with Crippen LogP contribution >= 0.6 is 11.6 Å². The van der Waals surface area contributed by atoms with Crippen LogP contribution < -0.4 is 40.9 Å². The molecule has 4 aliphatic rings. The second-order valence-corrected chi connectivity index (χ2v) is 26.5. The monoisotopic (exact) mass is 923 g/mol. The Labute approximate surface area is 399 Å². The van der Waals surface area contributed by atoms with E-state index in [9.17, 15) is 0 Å². The highest BCUT2D eigenvalue weighted by atomic mass is 35.5. The third kappa shape index (κ3) is 14.0. The van der Waals surface area contributed by atoms with Crippen molar-refractivity contribution < 1.29 is 0 Å². The van der Waals surface area contributed by atoms with Gasteiger partial charge in [0.05, 0.1) is 0 Å². The van der Waals surface area contributed by atoms with Crippen molar-refractivity contribution in [3.05, 3.63) is 11.6 Å². The van der Waals surface area contributed by atoms with Crippen LogP contribution in [0.15, 0.2) is 6.33 Å². The van der Waals surface area contributed by atoms with Crippen LogP contribution in [0.5, 0.6) is 0 Å². The van der Waals surface area contributed by atoms with Crippen molar-refractivity contribution >= 4 is 35.4 Å². The number of anilines is 4. The van der Waals surface area contributed by atoms with Crippen LogP contribution in [0.4, 0.5) is 23.8 Å². The van der Waals surface area contributed by atoms with Crippen molar-refractivity contribution in [1.82, 2.24) is 51.2 Å². The van der Waals surface area contributed by atoms with E-state index in [-0.39, 0.29) is 61.7 Å². The Bertz CT molecular complexity index is 1860. The Kier molecular flexibility index (Phi) is 14.9. The van der Waals surface area contributed by atoms with Gasteiger partial charge in [-0.05, 0) is 187 Å². The van der Waals surface area contributed by atoms with Crippen LogP contribution in [0.2, 0.25) is 5.28 Å². The Morgan fingerprint density at radius 1 is 0.415 bits per heavy atom. The molecule has 65 heavy (non-hydrogen) atoms. The number of unbranched alkanes of at least 4 members (excludes halogenated alkanes) is 3. The molecule has 6 rings (SSSR count). The second-order valence-electron chi connectivity index (χ2n) is 26.1. The van der Waals surface area contributed by atoms with E-state index in [0.29, 0.717) is 24.0 Å². The zero-order chi connectivity index (χ0) is 48.2. The maximum atomic E-state index is 6.84. The van der Waals surface area contributed by atoms with E-state index in [1.54, 1.807) is 6.33 Å². The second kappa shape index (κ2) is 18.7. The molecular weight excluding hydrogens is 832 g/mol. The van der Waals surface area contributed by atoms with E-state index in [1.807, 2.05) is 0 Å². The SMILES string of the molecule is CN(c1ncnc(N(CCCCCCN(c2nc(Cl)nc(N(C)C3CC(C)(C)NC(C)(C)C3)n2)C2CC(C)(C)NC(C)(C)C2)C2CC(C)(C)NC(C)(C)C2)n1)C1CC(C)(C)NC(C)(C)C1. The van der Waals surface area contributed by atoms with Gasteiger partial charge in [-0.15, -0.1) is 0 Å². The van der Waals surface area contributed by atoms with Gasteiger partial charge in [0.1, 0.15) is 6.33 Å². The predicted molar refractivity (Wildman–Crippen MR) is 272 cm³/mol. The summed E-state index contributed by atoms with van der Waals surface area (Å²) in [6, 6.07) is 1.12. The molecule has 2 aromatic heterocycles. The van der Waals surface area contributed by atoms with Gasteiger partial charge in [0.2, 0.25) is 29.1 Å². The minimum absolute atomic E-state index is 0.0105. The average molecular weight is 924 g/mol. The third-order valence-corrected chi connectivity index (χ3v) is 14.6. The highest BCUT2D eigenvalue weighted by molar-refractivity contribution is 6.28. The zero-order valence-electron chi connectivity index (χ0n) is 44.1. The van der Waals surface area contributed by atoms with Crippen molar-refractivity contribution in [1.29, 1.82) is 0 Å². The van der Waals surface area contributed by atoms with Crippen molar-refractivity contribution in [2.75, 3.05) is 46.8 Å². The summed E-state index contributed by atoms with van der Waals surface area (Å²) >= 11 is 6.84. The van der Waals surface area contributed by atoms with Gasteiger partial charge in [0.25, 0.3) is 0 Å². The number of nitrogens with one attached hydrogen (secondary N) is 4. The first-order chi connectivity index (χ1) is 29.7. The fourth-order valence-corrected chi connectivity index (χ4v) is 13.6. The normalized spacial score (nSPS) is 24.9. The molecule has 368 valence electrons. The maximum Gasteiger partial charge on any atom is 0.231 e. The van der Waals surface area contributed by atoms with E-state index in [2.05, 4.69) is 166 Å². The quantitative estimate of drug-likeness (QED) is 0.127. The molecular formula is C50H91ClN14. The summed E-state index contributed by atoms with van der Waals surface area (Å²) in [6.07, 6.45) is 14.0. The number of rotatable bonds is 15. The molecule has 0 unspecified atom stereocenters. The van der Waals surface area contributed by atoms with E-state index >= 15 is 0 Å². The van der Waals surface area contributed by atoms with Gasteiger partial charge in [0, 0.05) is 95.7 Å². The van der Waals surface area contributed by atoms with E-state index in [0.717, 1.165) is 102 Å². The minimum Gasteiger partial charge on any atom is -0.341 e. The molecule has 4 N–H and O–H groups in total. The lowest BCUT2D eigenvalue weighted by molar-refractivity contribution is 0.156. The van der Waals surface area contributed by atoms with Crippen LogP contribution in [-0.2, 0) is 0 Å². The zero-order valence-corrected chi connectivity index (χ0v) is 44.9. The number of halogens is 1. The molecule has 15 heteroatoms. The Balaban J connectivity index is 1.19. The minimum atomic E-state index is -0.0426. The summed E-state index contributed by atoms with van der Waals surface area (Å²) in [4.78, 5) is 39.3. The summed E-state index contributed by atoms with van der Waals surface area (Å²) < 4.78 is 0. The molecule has 0 saturated carbocycles.